The Morgan fingerprint density at radius 1 is 1.13 bits per heavy atom. The van der Waals surface area contributed by atoms with Crippen molar-refractivity contribution in [2.24, 2.45) is 0 Å². The van der Waals surface area contributed by atoms with Crippen LogP contribution in [0.25, 0.3) is 0 Å². The summed E-state index contributed by atoms with van der Waals surface area (Å²) >= 11 is 0. The van der Waals surface area contributed by atoms with Crippen molar-refractivity contribution in [2.45, 2.75) is 32.0 Å². The van der Waals surface area contributed by atoms with E-state index in [2.05, 4.69) is 40.5 Å². The van der Waals surface area contributed by atoms with E-state index in [-0.39, 0.29) is 18.0 Å². The lowest BCUT2D eigenvalue weighted by atomic mass is 9.87. The van der Waals surface area contributed by atoms with Crippen molar-refractivity contribution in [3.63, 3.8) is 0 Å². The number of nitrogens with one attached hydrogen (secondary N) is 1. The zero-order valence-electron chi connectivity index (χ0n) is 18.1. The number of carbonyl (C=O) groups excluding carboxylic acids is 1. The van der Waals surface area contributed by atoms with E-state index in [1.165, 1.54) is 17.4 Å². The van der Waals surface area contributed by atoms with Crippen molar-refractivity contribution in [1.82, 2.24) is 10.2 Å². The zero-order valence-corrected chi connectivity index (χ0v) is 18.1. The molecule has 1 aromatic heterocycles. The molecule has 0 radical (unpaired) electrons. The van der Waals surface area contributed by atoms with Crippen LogP contribution in [0.4, 0.5) is 0 Å². The van der Waals surface area contributed by atoms with Gasteiger partial charge >= 0.3 is 0 Å². The predicted molar refractivity (Wildman–Crippen MR) is 118 cm³/mol. The molecule has 162 valence electrons. The number of ether oxygens (including phenoxy) is 2. The lowest BCUT2D eigenvalue weighted by Crippen LogP contribution is -2.47. The van der Waals surface area contributed by atoms with Gasteiger partial charge in [-0.3, -0.25) is 9.69 Å². The van der Waals surface area contributed by atoms with Gasteiger partial charge in [0.25, 0.3) is 5.91 Å². The molecule has 2 aromatic carbocycles. The lowest BCUT2D eigenvalue weighted by molar-refractivity contribution is 0.0850. The molecule has 6 nitrogen and oxygen atoms in total. The Bertz CT molecular complexity index is 1020. The molecule has 6 heteroatoms. The van der Waals surface area contributed by atoms with Crippen molar-refractivity contribution >= 4 is 5.91 Å². The highest BCUT2D eigenvalue weighted by Gasteiger charge is 2.34. The average molecular weight is 421 g/mol. The molecule has 2 heterocycles. The van der Waals surface area contributed by atoms with Gasteiger partial charge in [-0.15, -0.1) is 0 Å². The molecule has 4 rings (SSSR count). The van der Waals surface area contributed by atoms with Crippen LogP contribution >= 0.6 is 0 Å². The summed E-state index contributed by atoms with van der Waals surface area (Å²) in [6, 6.07) is 17.7. The number of benzene rings is 2. The van der Waals surface area contributed by atoms with E-state index in [1.54, 1.807) is 26.4 Å². The standard InChI is InChI=1S/C25H28N2O4/c1-17(26-25(28)21-10-7-13-31-21)24-20-15-23(30-3)22(29-2)14-19(20)11-12-27(24)16-18-8-5-4-6-9-18/h4-10,13-15,17,24H,11-12,16H2,1-3H3,(H,26,28)/t17-,24+/m1/s1. The lowest BCUT2D eigenvalue weighted by Gasteiger charge is -2.41. The largest absolute Gasteiger partial charge is 0.493 e. The van der Waals surface area contributed by atoms with Crippen LogP contribution in [0.1, 0.15) is 40.2 Å². The Labute approximate surface area is 182 Å². The van der Waals surface area contributed by atoms with Gasteiger partial charge in [-0.1, -0.05) is 30.3 Å². The highest BCUT2D eigenvalue weighted by atomic mass is 16.5. The molecule has 0 saturated carbocycles. The first-order chi connectivity index (χ1) is 15.1. The maximum Gasteiger partial charge on any atom is 0.287 e. The molecule has 0 spiro atoms. The van der Waals surface area contributed by atoms with Gasteiger partial charge in [0.15, 0.2) is 17.3 Å². The fraction of sp³-hybridized carbons (Fsp3) is 0.320. The molecule has 3 aromatic rings. The Morgan fingerprint density at radius 2 is 1.87 bits per heavy atom. The van der Waals surface area contributed by atoms with E-state index in [9.17, 15) is 4.79 Å². The number of amides is 1. The first-order valence-electron chi connectivity index (χ1n) is 10.5. The van der Waals surface area contributed by atoms with Gasteiger partial charge < -0.3 is 19.2 Å². The zero-order chi connectivity index (χ0) is 21.8. The van der Waals surface area contributed by atoms with Crippen LogP contribution in [0.3, 0.4) is 0 Å². The number of nitrogens with zero attached hydrogens (tertiary/aromatic N) is 1. The molecule has 1 N–H and O–H groups in total. The fourth-order valence-corrected chi connectivity index (χ4v) is 4.37. The summed E-state index contributed by atoms with van der Waals surface area (Å²) in [6.45, 7) is 3.71. The number of fused-ring (bicyclic) bond motifs is 1. The average Bonchev–Trinajstić information content (AvgIpc) is 3.33. The summed E-state index contributed by atoms with van der Waals surface area (Å²) in [5.41, 5.74) is 3.60. The van der Waals surface area contributed by atoms with E-state index >= 15 is 0 Å². The maximum atomic E-state index is 12.7. The van der Waals surface area contributed by atoms with Gasteiger partial charge in [0.1, 0.15) is 0 Å². The van der Waals surface area contributed by atoms with Gasteiger partial charge in [-0.25, -0.2) is 0 Å². The molecule has 2 atom stereocenters. The molecule has 31 heavy (non-hydrogen) atoms. The summed E-state index contributed by atoms with van der Waals surface area (Å²) in [6.07, 6.45) is 2.41. The number of carbonyl (C=O) groups is 1. The summed E-state index contributed by atoms with van der Waals surface area (Å²) in [4.78, 5) is 15.1. The smallest absolute Gasteiger partial charge is 0.287 e. The third kappa shape index (κ3) is 4.44. The van der Waals surface area contributed by atoms with Crippen LogP contribution in [0.15, 0.2) is 65.3 Å². The number of furan rings is 1. The van der Waals surface area contributed by atoms with Crippen LogP contribution in [0.2, 0.25) is 0 Å². The Morgan fingerprint density at radius 3 is 2.55 bits per heavy atom. The van der Waals surface area contributed by atoms with E-state index in [1.807, 2.05) is 19.1 Å². The van der Waals surface area contributed by atoms with Crippen molar-refractivity contribution in [1.29, 1.82) is 0 Å². The summed E-state index contributed by atoms with van der Waals surface area (Å²) in [5.74, 6) is 1.51. The topological polar surface area (TPSA) is 63.9 Å². The van der Waals surface area contributed by atoms with Gasteiger partial charge in [-0.05, 0) is 54.3 Å². The molecular weight excluding hydrogens is 392 g/mol. The maximum absolute atomic E-state index is 12.7. The minimum absolute atomic E-state index is 0.0253. The number of hydrogen-bond acceptors (Lipinski definition) is 5. The first-order valence-corrected chi connectivity index (χ1v) is 10.5. The quantitative estimate of drug-likeness (QED) is 0.620. The first kappa shape index (κ1) is 21.0. The molecule has 1 amide bonds. The number of rotatable bonds is 7. The van der Waals surface area contributed by atoms with Crippen LogP contribution in [0, 0.1) is 0 Å². The summed E-state index contributed by atoms with van der Waals surface area (Å²) in [7, 11) is 3.30. The van der Waals surface area contributed by atoms with E-state index in [0.717, 1.165) is 30.8 Å². The summed E-state index contributed by atoms with van der Waals surface area (Å²) < 4.78 is 16.4. The third-order valence-electron chi connectivity index (χ3n) is 5.83. The number of methoxy groups -OCH3 is 2. The molecule has 0 bridgehead atoms. The van der Waals surface area contributed by atoms with Crippen molar-refractivity contribution in [2.75, 3.05) is 20.8 Å². The number of hydrogen-bond donors (Lipinski definition) is 1. The molecule has 0 saturated heterocycles. The summed E-state index contributed by atoms with van der Waals surface area (Å²) in [5, 5.41) is 3.13. The molecular formula is C25H28N2O4. The molecule has 1 aliphatic heterocycles. The highest BCUT2D eigenvalue weighted by Crippen LogP contribution is 2.40. The van der Waals surface area contributed by atoms with Gasteiger partial charge in [0.2, 0.25) is 0 Å². The van der Waals surface area contributed by atoms with Gasteiger partial charge in [-0.2, -0.15) is 0 Å². The van der Waals surface area contributed by atoms with Crippen LogP contribution in [-0.2, 0) is 13.0 Å². The van der Waals surface area contributed by atoms with Crippen molar-refractivity contribution in [3.8, 4) is 11.5 Å². The highest BCUT2D eigenvalue weighted by molar-refractivity contribution is 5.91. The van der Waals surface area contributed by atoms with E-state index in [0.29, 0.717) is 11.5 Å². The minimum Gasteiger partial charge on any atom is -0.493 e. The monoisotopic (exact) mass is 420 g/mol. The molecule has 0 fully saturated rings. The normalized spacial score (nSPS) is 16.9. The second-order valence-corrected chi connectivity index (χ2v) is 7.80. The van der Waals surface area contributed by atoms with Crippen LogP contribution in [-0.4, -0.2) is 37.6 Å². The van der Waals surface area contributed by atoms with E-state index < -0.39 is 0 Å². The molecule has 0 unspecified atom stereocenters. The third-order valence-corrected chi connectivity index (χ3v) is 5.83. The second kappa shape index (κ2) is 9.27. The molecule has 0 aliphatic carbocycles. The Hall–Kier alpha value is -3.25. The minimum atomic E-state index is -0.218. The van der Waals surface area contributed by atoms with Gasteiger partial charge in [0.05, 0.1) is 26.5 Å². The van der Waals surface area contributed by atoms with E-state index in [4.69, 9.17) is 13.9 Å². The predicted octanol–water partition coefficient (Wildman–Crippen LogP) is 4.21. The van der Waals surface area contributed by atoms with Crippen molar-refractivity contribution < 1.29 is 18.7 Å². The SMILES string of the molecule is COc1cc2c(cc1OC)[C@H]([C@@H](C)NC(=O)c1ccco1)N(Cc1ccccc1)CC2. The molecule has 1 aliphatic rings. The van der Waals surface area contributed by atoms with Crippen LogP contribution in [0.5, 0.6) is 11.5 Å². The van der Waals surface area contributed by atoms with Gasteiger partial charge in [0, 0.05) is 19.1 Å². The second-order valence-electron chi connectivity index (χ2n) is 7.80. The Kier molecular flexibility index (Phi) is 6.28. The van der Waals surface area contributed by atoms with Crippen molar-refractivity contribution in [3.05, 3.63) is 83.3 Å². The fourth-order valence-electron chi connectivity index (χ4n) is 4.37. The Balaban J connectivity index is 1.68. The van der Waals surface area contributed by atoms with Crippen LogP contribution < -0.4 is 14.8 Å².